The maximum Gasteiger partial charge on any atom is 0.0966 e. The number of rotatable bonds is 1. The molecular formula is C5H11NO2. The van der Waals surface area contributed by atoms with E-state index in [4.69, 9.17) is 9.84 Å². The monoisotopic (exact) mass is 117 g/mol. The van der Waals surface area contributed by atoms with Gasteiger partial charge in [0.1, 0.15) is 0 Å². The van der Waals surface area contributed by atoms with Gasteiger partial charge in [0.15, 0.2) is 0 Å². The van der Waals surface area contributed by atoms with Gasteiger partial charge in [-0.2, -0.15) is 0 Å². The lowest BCUT2D eigenvalue weighted by Crippen LogP contribution is -2.25. The molecule has 1 fully saturated rings. The van der Waals surface area contributed by atoms with Crippen LogP contribution >= 0.6 is 0 Å². The van der Waals surface area contributed by atoms with Gasteiger partial charge in [-0.05, 0) is 0 Å². The summed E-state index contributed by atoms with van der Waals surface area (Å²) >= 11 is 0. The Balaban J connectivity index is 2.30. The molecule has 0 aromatic heterocycles. The molecule has 0 aliphatic carbocycles. The Bertz CT molecular complexity index is 76.8. The van der Waals surface area contributed by atoms with Crippen molar-refractivity contribution >= 4 is 0 Å². The molecule has 0 bridgehead atoms. The van der Waals surface area contributed by atoms with Crippen molar-refractivity contribution in [1.82, 2.24) is 5.32 Å². The van der Waals surface area contributed by atoms with E-state index in [1.54, 1.807) is 7.11 Å². The molecule has 8 heavy (non-hydrogen) atoms. The van der Waals surface area contributed by atoms with Crippen LogP contribution in [-0.4, -0.2) is 37.5 Å². The van der Waals surface area contributed by atoms with Crippen LogP contribution in [-0.2, 0) is 4.74 Å². The van der Waals surface area contributed by atoms with Gasteiger partial charge in [-0.25, -0.2) is 0 Å². The molecule has 0 radical (unpaired) electrons. The van der Waals surface area contributed by atoms with E-state index in [0.29, 0.717) is 6.54 Å². The highest BCUT2D eigenvalue weighted by Gasteiger charge is 2.23. The van der Waals surface area contributed by atoms with Gasteiger partial charge in [-0.1, -0.05) is 0 Å². The summed E-state index contributed by atoms with van der Waals surface area (Å²) in [6.07, 6.45) is -0.296. The number of nitrogens with one attached hydrogen (secondary N) is 1. The summed E-state index contributed by atoms with van der Waals surface area (Å²) in [6.45, 7) is 1.44. The lowest BCUT2D eigenvalue weighted by atomic mass is 10.3. The second kappa shape index (κ2) is 2.44. The number of hydrogen-bond donors (Lipinski definition) is 2. The number of β-amino-alcohol motifs (C(OH)–C–C–N with tert-alkyl or cyclic N) is 1. The topological polar surface area (TPSA) is 41.5 Å². The van der Waals surface area contributed by atoms with Crippen molar-refractivity contribution in [2.24, 2.45) is 0 Å². The first kappa shape index (κ1) is 6.01. The summed E-state index contributed by atoms with van der Waals surface area (Å²) in [5, 5.41) is 12.0. The van der Waals surface area contributed by atoms with E-state index >= 15 is 0 Å². The molecule has 0 amide bonds. The number of aliphatic hydroxyl groups excluding tert-OH is 1. The van der Waals surface area contributed by atoms with E-state index in [1.165, 1.54) is 0 Å². The molecule has 0 spiro atoms. The molecule has 1 aliphatic heterocycles. The molecule has 0 aromatic carbocycles. The third-order valence-corrected chi connectivity index (χ3v) is 1.43. The summed E-state index contributed by atoms with van der Waals surface area (Å²) in [6, 6.07) is 0. The average Bonchev–Trinajstić information content (AvgIpc) is 2.14. The number of aliphatic hydroxyl groups is 1. The van der Waals surface area contributed by atoms with Crippen LogP contribution in [0.1, 0.15) is 0 Å². The van der Waals surface area contributed by atoms with Crippen molar-refractivity contribution in [1.29, 1.82) is 0 Å². The smallest absolute Gasteiger partial charge is 0.0966 e. The first-order valence-corrected chi connectivity index (χ1v) is 2.76. The van der Waals surface area contributed by atoms with Gasteiger partial charge < -0.3 is 15.2 Å². The summed E-state index contributed by atoms with van der Waals surface area (Å²) in [7, 11) is 1.61. The highest BCUT2D eigenvalue weighted by Crippen LogP contribution is 2.01. The second-order valence-electron chi connectivity index (χ2n) is 2.00. The van der Waals surface area contributed by atoms with E-state index in [0.717, 1.165) is 6.54 Å². The van der Waals surface area contributed by atoms with E-state index in [2.05, 4.69) is 5.32 Å². The second-order valence-corrected chi connectivity index (χ2v) is 2.00. The fraction of sp³-hybridized carbons (Fsp3) is 1.00. The van der Waals surface area contributed by atoms with E-state index < -0.39 is 0 Å². The molecule has 1 heterocycles. The van der Waals surface area contributed by atoms with Crippen molar-refractivity contribution in [3.8, 4) is 0 Å². The lowest BCUT2D eigenvalue weighted by Gasteiger charge is -2.08. The van der Waals surface area contributed by atoms with Gasteiger partial charge >= 0.3 is 0 Å². The molecule has 1 rings (SSSR count). The minimum absolute atomic E-state index is 0.00926. The predicted octanol–water partition coefficient (Wildman–Crippen LogP) is -1.03. The SMILES string of the molecule is COC1CNCC1O. The van der Waals surface area contributed by atoms with Crippen molar-refractivity contribution < 1.29 is 9.84 Å². The molecule has 3 heteroatoms. The van der Waals surface area contributed by atoms with Crippen LogP contribution < -0.4 is 5.32 Å². The molecular weight excluding hydrogens is 106 g/mol. The number of methoxy groups -OCH3 is 1. The van der Waals surface area contributed by atoms with Crippen molar-refractivity contribution in [2.45, 2.75) is 12.2 Å². The van der Waals surface area contributed by atoms with Gasteiger partial charge in [0, 0.05) is 20.2 Å². The molecule has 0 aromatic rings. The number of hydrogen-bond acceptors (Lipinski definition) is 3. The fourth-order valence-electron chi connectivity index (χ4n) is 0.881. The molecule has 2 unspecified atom stereocenters. The van der Waals surface area contributed by atoms with Crippen LogP contribution in [0.15, 0.2) is 0 Å². The Morgan fingerprint density at radius 2 is 2.38 bits per heavy atom. The highest BCUT2D eigenvalue weighted by molar-refractivity contribution is 4.80. The quantitative estimate of drug-likeness (QED) is 0.461. The third kappa shape index (κ3) is 0.992. The van der Waals surface area contributed by atoms with Crippen LogP contribution in [0.5, 0.6) is 0 Å². The maximum atomic E-state index is 9.00. The summed E-state index contributed by atoms with van der Waals surface area (Å²) in [5.41, 5.74) is 0. The maximum absolute atomic E-state index is 9.00. The average molecular weight is 117 g/mol. The number of ether oxygens (including phenoxy) is 1. The minimum atomic E-state index is -0.306. The molecule has 48 valence electrons. The van der Waals surface area contributed by atoms with Gasteiger partial charge in [-0.3, -0.25) is 0 Å². The van der Waals surface area contributed by atoms with Gasteiger partial charge in [0.05, 0.1) is 12.2 Å². The molecule has 0 saturated carbocycles. The minimum Gasteiger partial charge on any atom is -0.389 e. The largest absolute Gasteiger partial charge is 0.389 e. The summed E-state index contributed by atoms with van der Waals surface area (Å²) in [5.74, 6) is 0. The van der Waals surface area contributed by atoms with Gasteiger partial charge in [0.2, 0.25) is 0 Å². The molecule has 2 N–H and O–H groups in total. The fourth-order valence-corrected chi connectivity index (χ4v) is 0.881. The lowest BCUT2D eigenvalue weighted by molar-refractivity contribution is 0.0217. The summed E-state index contributed by atoms with van der Waals surface area (Å²) < 4.78 is 4.91. The van der Waals surface area contributed by atoms with Crippen LogP contribution in [0.25, 0.3) is 0 Å². The Kier molecular flexibility index (Phi) is 1.83. The van der Waals surface area contributed by atoms with Crippen molar-refractivity contribution in [3.63, 3.8) is 0 Å². The predicted molar refractivity (Wildman–Crippen MR) is 29.7 cm³/mol. The molecule has 1 saturated heterocycles. The standard InChI is InChI=1S/C5H11NO2/c1-8-5-3-6-2-4(5)7/h4-7H,2-3H2,1H3. The Labute approximate surface area is 48.7 Å². The zero-order chi connectivity index (χ0) is 5.98. The molecule has 3 nitrogen and oxygen atoms in total. The summed E-state index contributed by atoms with van der Waals surface area (Å²) in [4.78, 5) is 0. The normalized spacial score (nSPS) is 38.2. The first-order chi connectivity index (χ1) is 3.84. The van der Waals surface area contributed by atoms with Crippen LogP contribution in [0.2, 0.25) is 0 Å². The first-order valence-electron chi connectivity index (χ1n) is 2.76. The van der Waals surface area contributed by atoms with Crippen molar-refractivity contribution in [3.05, 3.63) is 0 Å². The molecule has 2 atom stereocenters. The Hall–Kier alpha value is -0.120. The Morgan fingerprint density at radius 1 is 1.62 bits per heavy atom. The van der Waals surface area contributed by atoms with Gasteiger partial charge in [0.25, 0.3) is 0 Å². The van der Waals surface area contributed by atoms with Crippen LogP contribution in [0.4, 0.5) is 0 Å². The zero-order valence-corrected chi connectivity index (χ0v) is 4.92. The van der Waals surface area contributed by atoms with E-state index in [9.17, 15) is 0 Å². The Morgan fingerprint density at radius 3 is 2.62 bits per heavy atom. The highest BCUT2D eigenvalue weighted by atomic mass is 16.5. The van der Waals surface area contributed by atoms with E-state index in [-0.39, 0.29) is 12.2 Å². The van der Waals surface area contributed by atoms with Crippen molar-refractivity contribution in [2.75, 3.05) is 20.2 Å². The van der Waals surface area contributed by atoms with E-state index in [1.807, 2.05) is 0 Å². The van der Waals surface area contributed by atoms with Crippen LogP contribution in [0.3, 0.4) is 0 Å². The third-order valence-electron chi connectivity index (χ3n) is 1.43. The molecule has 1 aliphatic rings. The van der Waals surface area contributed by atoms with Crippen LogP contribution in [0, 0.1) is 0 Å². The zero-order valence-electron chi connectivity index (χ0n) is 4.92. The van der Waals surface area contributed by atoms with Gasteiger partial charge in [-0.15, -0.1) is 0 Å².